The topological polar surface area (TPSA) is 12.9 Å². The second kappa shape index (κ2) is 7.93. The van der Waals surface area contributed by atoms with E-state index >= 15 is 0 Å². The van der Waals surface area contributed by atoms with Crippen LogP contribution in [-0.2, 0) is 0 Å². The van der Waals surface area contributed by atoms with Crippen molar-refractivity contribution in [2.75, 3.05) is 0 Å². The van der Waals surface area contributed by atoms with Crippen LogP contribution in [0.3, 0.4) is 0 Å². The Balaban J connectivity index is 1.62. The van der Waals surface area contributed by atoms with Gasteiger partial charge in [-0.1, -0.05) is 24.0 Å². The lowest BCUT2D eigenvalue weighted by Crippen LogP contribution is -2.11. The average molecular weight is 319 g/mol. The number of pyridine rings is 1. The Labute approximate surface area is 143 Å². The van der Waals surface area contributed by atoms with Gasteiger partial charge in [-0.15, -0.1) is 0 Å². The molecule has 0 saturated heterocycles. The largest absolute Gasteiger partial charge is 0.255 e. The molecule has 1 aliphatic rings. The van der Waals surface area contributed by atoms with Crippen LogP contribution in [0.2, 0.25) is 0 Å². The number of hydrogen-bond donors (Lipinski definition) is 0. The molecule has 2 aromatic rings. The first kappa shape index (κ1) is 16.5. The van der Waals surface area contributed by atoms with E-state index in [1.807, 2.05) is 12.1 Å². The third kappa shape index (κ3) is 4.32. The highest BCUT2D eigenvalue weighted by molar-refractivity contribution is 5.59. The molecule has 0 unspecified atom stereocenters. The highest BCUT2D eigenvalue weighted by Crippen LogP contribution is 2.29. The number of allylic oxidation sites excluding steroid dienone is 2. The first-order valence-electron chi connectivity index (χ1n) is 8.61. The Morgan fingerprint density at radius 2 is 1.79 bits per heavy atom. The summed E-state index contributed by atoms with van der Waals surface area (Å²) in [5.41, 5.74) is 2.70. The van der Waals surface area contributed by atoms with Gasteiger partial charge in [0.15, 0.2) is 0 Å². The third-order valence-electron chi connectivity index (χ3n) is 4.56. The van der Waals surface area contributed by atoms with E-state index in [-0.39, 0.29) is 5.82 Å². The normalized spacial score (nSPS) is 20.6. The van der Waals surface area contributed by atoms with Crippen molar-refractivity contribution in [3.05, 3.63) is 66.1 Å². The molecule has 0 bridgehead atoms. The van der Waals surface area contributed by atoms with Crippen LogP contribution >= 0.6 is 0 Å². The molecule has 1 aliphatic carbocycles. The molecule has 1 fully saturated rings. The summed E-state index contributed by atoms with van der Waals surface area (Å²) in [6, 6.07) is 10.3. The quantitative estimate of drug-likeness (QED) is 0.517. The van der Waals surface area contributed by atoms with Crippen molar-refractivity contribution in [3.8, 4) is 23.1 Å². The standard InChI is InChI=1S/C22H22FN/c1-2-3-17-4-6-18(7-5-17)8-9-19-10-15-22(24-16-19)20-11-13-21(23)14-12-20/h2-3,10-18H,4-7H2,1H3/b3-2+/t17-,18-. The zero-order chi connectivity index (χ0) is 16.8. The molecule has 3 rings (SSSR count). The first-order chi connectivity index (χ1) is 11.7. The summed E-state index contributed by atoms with van der Waals surface area (Å²) in [5, 5.41) is 0. The highest BCUT2D eigenvalue weighted by Gasteiger charge is 2.17. The van der Waals surface area contributed by atoms with E-state index in [9.17, 15) is 4.39 Å². The summed E-state index contributed by atoms with van der Waals surface area (Å²) in [7, 11) is 0. The Hall–Kier alpha value is -2.40. The zero-order valence-corrected chi connectivity index (χ0v) is 14.0. The van der Waals surface area contributed by atoms with E-state index in [1.165, 1.54) is 37.8 Å². The third-order valence-corrected chi connectivity index (χ3v) is 4.56. The van der Waals surface area contributed by atoms with Gasteiger partial charge >= 0.3 is 0 Å². The summed E-state index contributed by atoms with van der Waals surface area (Å²) in [5.74, 6) is 7.67. The summed E-state index contributed by atoms with van der Waals surface area (Å²) in [4.78, 5) is 4.44. The molecule has 1 aromatic heterocycles. The van der Waals surface area contributed by atoms with E-state index < -0.39 is 0 Å². The van der Waals surface area contributed by atoms with Crippen molar-refractivity contribution in [1.82, 2.24) is 4.98 Å². The molecule has 122 valence electrons. The molecule has 1 heterocycles. The fourth-order valence-corrected chi connectivity index (χ4v) is 3.17. The zero-order valence-electron chi connectivity index (χ0n) is 14.0. The number of nitrogens with zero attached hydrogens (tertiary/aromatic N) is 1. The second-order valence-electron chi connectivity index (χ2n) is 6.35. The molecule has 0 atom stereocenters. The molecule has 1 nitrogen and oxygen atoms in total. The maximum absolute atomic E-state index is 13.0. The van der Waals surface area contributed by atoms with Crippen LogP contribution in [0.1, 0.15) is 38.2 Å². The summed E-state index contributed by atoms with van der Waals surface area (Å²) in [6.45, 7) is 2.09. The van der Waals surface area contributed by atoms with Crippen LogP contribution in [0.5, 0.6) is 0 Å². The number of hydrogen-bond acceptors (Lipinski definition) is 1. The lowest BCUT2D eigenvalue weighted by molar-refractivity contribution is 0.364. The van der Waals surface area contributed by atoms with Crippen molar-refractivity contribution in [2.24, 2.45) is 11.8 Å². The predicted molar refractivity (Wildman–Crippen MR) is 96.8 cm³/mol. The number of rotatable bonds is 2. The first-order valence-corrected chi connectivity index (χ1v) is 8.61. The average Bonchev–Trinajstić information content (AvgIpc) is 2.63. The van der Waals surface area contributed by atoms with Gasteiger partial charge < -0.3 is 0 Å². The Morgan fingerprint density at radius 3 is 2.42 bits per heavy atom. The lowest BCUT2D eigenvalue weighted by Gasteiger charge is -2.22. The maximum Gasteiger partial charge on any atom is 0.123 e. The maximum atomic E-state index is 13.0. The molecule has 2 heteroatoms. The molecule has 0 spiro atoms. The molecule has 1 saturated carbocycles. The number of aromatic nitrogens is 1. The summed E-state index contributed by atoms with van der Waals surface area (Å²) < 4.78 is 13.0. The van der Waals surface area contributed by atoms with E-state index in [1.54, 1.807) is 18.3 Å². The fourth-order valence-electron chi connectivity index (χ4n) is 3.17. The van der Waals surface area contributed by atoms with Crippen LogP contribution in [0.15, 0.2) is 54.7 Å². The summed E-state index contributed by atoms with van der Waals surface area (Å²) in [6.07, 6.45) is 11.1. The molecule has 24 heavy (non-hydrogen) atoms. The molecule has 0 amide bonds. The van der Waals surface area contributed by atoms with Crippen molar-refractivity contribution in [3.63, 3.8) is 0 Å². The van der Waals surface area contributed by atoms with Gasteiger partial charge in [-0.25, -0.2) is 4.39 Å². The minimum absolute atomic E-state index is 0.231. The van der Waals surface area contributed by atoms with Gasteiger partial charge in [-0.2, -0.15) is 0 Å². The highest BCUT2D eigenvalue weighted by atomic mass is 19.1. The van der Waals surface area contributed by atoms with Gasteiger partial charge in [-0.05, 0) is 74.9 Å². The lowest BCUT2D eigenvalue weighted by atomic mass is 9.82. The van der Waals surface area contributed by atoms with Crippen molar-refractivity contribution < 1.29 is 4.39 Å². The monoisotopic (exact) mass is 319 g/mol. The Morgan fingerprint density at radius 1 is 1.04 bits per heavy atom. The van der Waals surface area contributed by atoms with Gasteiger partial charge in [0, 0.05) is 23.2 Å². The molecule has 1 aromatic carbocycles. The number of halogens is 1. The molecule has 0 radical (unpaired) electrons. The van der Waals surface area contributed by atoms with Crippen LogP contribution in [0.25, 0.3) is 11.3 Å². The minimum atomic E-state index is -0.231. The molecular weight excluding hydrogens is 297 g/mol. The van der Waals surface area contributed by atoms with Crippen LogP contribution in [0, 0.1) is 29.5 Å². The van der Waals surface area contributed by atoms with E-state index in [2.05, 4.69) is 35.9 Å². The van der Waals surface area contributed by atoms with Gasteiger partial charge in [-0.3, -0.25) is 4.98 Å². The van der Waals surface area contributed by atoms with Crippen molar-refractivity contribution in [1.29, 1.82) is 0 Å². The van der Waals surface area contributed by atoms with E-state index in [4.69, 9.17) is 0 Å². The van der Waals surface area contributed by atoms with Gasteiger partial charge in [0.05, 0.1) is 5.69 Å². The summed E-state index contributed by atoms with van der Waals surface area (Å²) >= 11 is 0. The Bertz CT molecular complexity index is 739. The fraction of sp³-hybridized carbons (Fsp3) is 0.318. The molecule has 0 N–H and O–H groups in total. The van der Waals surface area contributed by atoms with Crippen LogP contribution in [0.4, 0.5) is 4.39 Å². The van der Waals surface area contributed by atoms with Crippen molar-refractivity contribution >= 4 is 0 Å². The van der Waals surface area contributed by atoms with Gasteiger partial charge in [0.2, 0.25) is 0 Å². The Kier molecular flexibility index (Phi) is 5.43. The van der Waals surface area contributed by atoms with E-state index in [0.717, 1.165) is 22.7 Å². The van der Waals surface area contributed by atoms with Crippen molar-refractivity contribution in [2.45, 2.75) is 32.6 Å². The van der Waals surface area contributed by atoms with Crippen LogP contribution < -0.4 is 0 Å². The number of benzene rings is 1. The van der Waals surface area contributed by atoms with Crippen LogP contribution in [-0.4, -0.2) is 4.98 Å². The van der Waals surface area contributed by atoms with Gasteiger partial charge in [0.1, 0.15) is 5.82 Å². The molecular formula is C22H22FN. The second-order valence-corrected chi connectivity index (χ2v) is 6.35. The SMILES string of the molecule is C/C=C/[C@H]1CC[C@H](C#Cc2ccc(-c3ccc(F)cc3)nc2)CC1. The predicted octanol–water partition coefficient (Wildman–Crippen LogP) is 5.62. The molecule has 0 aliphatic heterocycles. The smallest absolute Gasteiger partial charge is 0.123 e. The van der Waals surface area contributed by atoms with Gasteiger partial charge in [0.25, 0.3) is 0 Å². The van der Waals surface area contributed by atoms with E-state index in [0.29, 0.717) is 5.92 Å². The minimum Gasteiger partial charge on any atom is -0.255 e.